The summed E-state index contributed by atoms with van der Waals surface area (Å²) in [6.07, 6.45) is 1.49. The number of ether oxygens (including phenoxy) is 2. The van der Waals surface area contributed by atoms with Crippen LogP contribution < -0.4 is 4.74 Å². The van der Waals surface area contributed by atoms with E-state index in [0.29, 0.717) is 23.5 Å². The third-order valence-corrected chi connectivity index (χ3v) is 6.28. The standard InChI is InChI=1S/C26H28FNO5/c1-15(2)20-13-17(8-11-21(20)32-3)24(29)22-23(16-6-9-18(27)10-7-16)28(26(31)25(22)30)14-19-5-4-12-33-19/h6-11,13,15,19,23,29H,4-5,12,14H2,1-3H3/b24-22-. The van der Waals surface area contributed by atoms with Gasteiger partial charge in [-0.05, 0) is 60.2 Å². The quantitative estimate of drug-likeness (QED) is 0.394. The van der Waals surface area contributed by atoms with Gasteiger partial charge in [-0.2, -0.15) is 0 Å². The molecule has 0 aromatic heterocycles. The summed E-state index contributed by atoms with van der Waals surface area (Å²) in [6.45, 7) is 4.84. The molecule has 4 rings (SSSR count). The highest BCUT2D eigenvalue weighted by Gasteiger charge is 2.47. The molecular weight excluding hydrogens is 425 g/mol. The molecule has 1 N–H and O–H groups in total. The first kappa shape index (κ1) is 23.0. The van der Waals surface area contributed by atoms with Crippen molar-refractivity contribution in [3.8, 4) is 5.75 Å². The molecule has 33 heavy (non-hydrogen) atoms. The number of amides is 1. The van der Waals surface area contributed by atoms with E-state index in [2.05, 4.69) is 0 Å². The van der Waals surface area contributed by atoms with E-state index >= 15 is 0 Å². The minimum atomic E-state index is -0.834. The van der Waals surface area contributed by atoms with Crippen LogP contribution in [0.3, 0.4) is 0 Å². The van der Waals surface area contributed by atoms with E-state index in [1.165, 1.54) is 29.2 Å². The maximum absolute atomic E-state index is 13.6. The molecule has 2 atom stereocenters. The number of carbonyl (C=O) groups is 2. The molecule has 2 saturated heterocycles. The summed E-state index contributed by atoms with van der Waals surface area (Å²) in [5, 5.41) is 11.3. The lowest BCUT2D eigenvalue weighted by Gasteiger charge is -2.27. The molecule has 1 amide bonds. The Labute approximate surface area is 192 Å². The van der Waals surface area contributed by atoms with Gasteiger partial charge in [0.2, 0.25) is 0 Å². The number of ketones is 1. The van der Waals surface area contributed by atoms with Crippen LogP contribution in [0.1, 0.15) is 55.3 Å². The number of hydrogen-bond acceptors (Lipinski definition) is 5. The van der Waals surface area contributed by atoms with Gasteiger partial charge < -0.3 is 19.5 Å². The van der Waals surface area contributed by atoms with Gasteiger partial charge in [-0.15, -0.1) is 0 Å². The minimum absolute atomic E-state index is 0.00974. The number of rotatable bonds is 6. The van der Waals surface area contributed by atoms with E-state index in [1.54, 1.807) is 25.3 Å². The van der Waals surface area contributed by atoms with Crippen LogP contribution >= 0.6 is 0 Å². The van der Waals surface area contributed by atoms with Crippen molar-refractivity contribution in [2.24, 2.45) is 0 Å². The van der Waals surface area contributed by atoms with Gasteiger partial charge in [-0.25, -0.2) is 4.39 Å². The largest absolute Gasteiger partial charge is 0.507 e. The Kier molecular flexibility index (Phi) is 6.51. The van der Waals surface area contributed by atoms with Crippen molar-refractivity contribution >= 4 is 17.4 Å². The lowest BCUT2D eigenvalue weighted by Crippen LogP contribution is -2.36. The van der Waals surface area contributed by atoms with Crippen LogP contribution in [0, 0.1) is 5.82 Å². The van der Waals surface area contributed by atoms with Crippen LogP contribution in [0.25, 0.3) is 5.76 Å². The number of benzene rings is 2. The second-order valence-corrected chi connectivity index (χ2v) is 8.75. The molecule has 0 saturated carbocycles. The Bertz CT molecular complexity index is 1090. The molecule has 0 radical (unpaired) electrons. The highest BCUT2D eigenvalue weighted by Crippen LogP contribution is 2.41. The van der Waals surface area contributed by atoms with E-state index in [4.69, 9.17) is 9.47 Å². The van der Waals surface area contributed by atoms with Gasteiger partial charge >= 0.3 is 0 Å². The number of hydrogen-bond donors (Lipinski definition) is 1. The zero-order valence-electron chi connectivity index (χ0n) is 19.0. The molecule has 2 aromatic rings. The maximum atomic E-state index is 13.6. The Hall–Kier alpha value is -3.19. The smallest absolute Gasteiger partial charge is 0.295 e. The molecule has 2 aliphatic rings. The van der Waals surface area contributed by atoms with Gasteiger partial charge in [0.05, 0.1) is 24.8 Å². The lowest BCUT2D eigenvalue weighted by atomic mass is 9.93. The zero-order chi connectivity index (χ0) is 23.7. The molecule has 0 aliphatic carbocycles. The molecule has 7 heteroatoms. The first-order valence-electron chi connectivity index (χ1n) is 11.2. The third-order valence-electron chi connectivity index (χ3n) is 6.28. The van der Waals surface area contributed by atoms with Crippen molar-refractivity contribution in [1.29, 1.82) is 0 Å². The molecule has 2 unspecified atom stereocenters. The van der Waals surface area contributed by atoms with Crippen LogP contribution in [-0.2, 0) is 14.3 Å². The van der Waals surface area contributed by atoms with Gasteiger partial charge in [0.1, 0.15) is 17.3 Å². The normalized spacial score (nSPS) is 22.4. The van der Waals surface area contributed by atoms with Crippen LogP contribution in [-0.4, -0.2) is 48.1 Å². The van der Waals surface area contributed by atoms with E-state index in [1.807, 2.05) is 13.8 Å². The van der Waals surface area contributed by atoms with Gasteiger partial charge in [-0.3, -0.25) is 9.59 Å². The van der Waals surface area contributed by atoms with E-state index in [9.17, 15) is 19.1 Å². The molecule has 2 heterocycles. The summed E-state index contributed by atoms with van der Waals surface area (Å²) < 4.78 is 24.7. The topological polar surface area (TPSA) is 76.1 Å². The van der Waals surface area contributed by atoms with E-state index in [-0.39, 0.29) is 29.9 Å². The summed E-state index contributed by atoms with van der Waals surface area (Å²) in [6, 6.07) is 9.98. The van der Waals surface area contributed by atoms with Crippen molar-refractivity contribution in [3.05, 3.63) is 70.5 Å². The average Bonchev–Trinajstić information content (AvgIpc) is 3.41. The molecule has 2 aliphatic heterocycles. The Morgan fingerprint density at radius 2 is 1.94 bits per heavy atom. The number of aliphatic hydroxyl groups excluding tert-OH is 1. The first-order chi connectivity index (χ1) is 15.8. The first-order valence-corrected chi connectivity index (χ1v) is 11.2. The van der Waals surface area contributed by atoms with Crippen LogP contribution in [0.2, 0.25) is 0 Å². The second-order valence-electron chi connectivity index (χ2n) is 8.75. The van der Waals surface area contributed by atoms with E-state index < -0.39 is 23.5 Å². The fourth-order valence-corrected chi connectivity index (χ4v) is 4.56. The Balaban J connectivity index is 1.84. The SMILES string of the molecule is COc1ccc(/C(O)=C2/C(=O)C(=O)N(CC3CCCO3)C2c2ccc(F)cc2)cc1C(C)C. The Morgan fingerprint density at radius 1 is 1.21 bits per heavy atom. The second kappa shape index (κ2) is 9.35. The fraction of sp³-hybridized carbons (Fsp3) is 0.385. The summed E-state index contributed by atoms with van der Waals surface area (Å²) >= 11 is 0. The molecule has 2 aromatic carbocycles. The fourth-order valence-electron chi connectivity index (χ4n) is 4.56. The van der Waals surface area contributed by atoms with E-state index in [0.717, 1.165) is 18.4 Å². The number of aliphatic hydroxyl groups is 1. The minimum Gasteiger partial charge on any atom is -0.507 e. The van der Waals surface area contributed by atoms with Gasteiger partial charge in [0.25, 0.3) is 11.7 Å². The molecule has 174 valence electrons. The van der Waals surface area contributed by atoms with Crippen molar-refractivity contribution < 1.29 is 28.6 Å². The molecular formula is C26H28FNO5. The highest BCUT2D eigenvalue weighted by molar-refractivity contribution is 6.46. The van der Waals surface area contributed by atoms with Crippen LogP contribution in [0.5, 0.6) is 5.75 Å². The monoisotopic (exact) mass is 453 g/mol. The molecule has 0 bridgehead atoms. The van der Waals surface area contributed by atoms with Crippen molar-refractivity contribution in [3.63, 3.8) is 0 Å². The number of methoxy groups -OCH3 is 1. The zero-order valence-corrected chi connectivity index (χ0v) is 19.0. The molecule has 6 nitrogen and oxygen atoms in total. The number of likely N-dealkylation sites (tertiary alicyclic amines) is 1. The summed E-state index contributed by atoms with van der Waals surface area (Å²) in [7, 11) is 1.58. The van der Waals surface area contributed by atoms with Crippen LogP contribution in [0.15, 0.2) is 48.0 Å². The average molecular weight is 454 g/mol. The summed E-state index contributed by atoms with van der Waals surface area (Å²) in [5.74, 6) is -1.35. The van der Waals surface area contributed by atoms with Gasteiger partial charge in [0, 0.05) is 18.7 Å². The predicted molar refractivity (Wildman–Crippen MR) is 121 cm³/mol. The predicted octanol–water partition coefficient (Wildman–Crippen LogP) is 4.56. The lowest BCUT2D eigenvalue weighted by molar-refractivity contribution is -0.140. The number of carbonyl (C=O) groups excluding carboxylic acids is 2. The maximum Gasteiger partial charge on any atom is 0.295 e. The molecule has 2 fully saturated rings. The highest BCUT2D eigenvalue weighted by atomic mass is 19.1. The van der Waals surface area contributed by atoms with Gasteiger partial charge in [-0.1, -0.05) is 26.0 Å². The number of Topliss-reactive ketones (excluding diaryl/α,β-unsaturated/α-hetero) is 1. The molecule has 0 spiro atoms. The van der Waals surface area contributed by atoms with Gasteiger partial charge in [0.15, 0.2) is 0 Å². The van der Waals surface area contributed by atoms with Crippen LogP contribution in [0.4, 0.5) is 4.39 Å². The number of halogens is 1. The van der Waals surface area contributed by atoms with Crippen molar-refractivity contribution in [2.75, 3.05) is 20.3 Å². The van der Waals surface area contributed by atoms with Crippen molar-refractivity contribution in [2.45, 2.75) is 44.8 Å². The summed E-state index contributed by atoms with van der Waals surface area (Å²) in [5.41, 5.74) is 1.83. The Morgan fingerprint density at radius 3 is 2.55 bits per heavy atom. The number of nitrogens with zero attached hydrogens (tertiary/aromatic N) is 1. The third kappa shape index (κ3) is 4.37. The summed E-state index contributed by atoms with van der Waals surface area (Å²) in [4.78, 5) is 27.6. The van der Waals surface area contributed by atoms with Crippen molar-refractivity contribution in [1.82, 2.24) is 4.90 Å².